The fraction of sp³-hybridized carbons (Fsp3) is 0.500. The summed E-state index contributed by atoms with van der Waals surface area (Å²) in [4.78, 5) is 25.5. The third-order valence-corrected chi connectivity index (χ3v) is 4.22. The Bertz CT molecular complexity index is 648. The molecule has 1 aliphatic rings. The number of carboxylic acids is 1. The fourth-order valence-corrected chi connectivity index (χ4v) is 3.03. The van der Waals surface area contributed by atoms with E-state index in [1.54, 1.807) is 0 Å². The van der Waals surface area contributed by atoms with Gasteiger partial charge in [-0.25, -0.2) is 8.78 Å². The highest BCUT2D eigenvalue weighted by molar-refractivity contribution is 5.97. The molecule has 6 nitrogen and oxygen atoms in total. The van der Waals surface area contributed by atoms with Crippen molar-refractivity contribution in [3.05, 3.63) is 29.3 Å². The van der Waals surface area contributed by atoms with Gasteiger partial charge in [0, 0.05) is 20.2 Å². The first kappa shape index (κ1) is 18.1. The molecular formula is C16H19F2NO5. The number of carboxylic acid groups (broad SMARTS) is 1. The van der Waals surface area contributed by atoms with Crippen molar-refractivity contribution in [3.63, 3.8) is 0 Å². The number of benzene rings is 1. The highest BCUT2D eigenvalue weighted by Gasteiger charge is 2.44. The number of nitrogens with zero attached hydrogens (tertiary/aromatic N) is 1. The Kier molecular flexibility index (Phi) is 5.38. The highest BCUT2D eigenvalue weighted by Crippen LogP contribution is 2.33. The van der Waals surface area contributed by atoms with Gasteiger partial charge in [0.1, 0.15) is 16.8 Å². The van der Waals surface area contributed by atoms with E-state index in [1.807, 2.05) is 0 Å². The van der Waals surface area contributed by atoms with Crippen molar-refractivity contribution in [2.45, 2.75) is 12.8 Å². The minimum Gasteiger partial charge on any atom is -0.493 e. The quantitative estimate of drug-likeness (QED) is 0.884. The Hall–Kier alpha value is -2.22. The van der Waals surface area contributed by atoms with E-state index in [9.17, 15) is 23.5 Å². The predicted octanol–water partition coefficient (Wildman–Crippen LogP) is 1.93. The molecule has 1 atom stereocenters. The molecule has 1 amide bonds. The van der Waals surface area contributed by atoms with Gasteiger partial charge in [0.15, 0.2) is 11.6 Å². The number of rotatable bonds is 5. The van der Waals surface area contributed by atoms with Crippen molar-refractivity contribution in [3.8, 4) is 5.75 Å². The topological polar surface area (TPSA) is 76.1 Å². The van der Waals surface area contributed by atoms with Crippen LogP contribution in [0.25, 0.3) is 0 Å². The SMILES string of the molecule is COCC1(C(=O)O)CCCN(C(=O)c2c(F)ccc(F)c2OC)C1. The monoisotopic (exact) mass is 343 g/mol. The standard InChI is InChI=1S/C16H19F2NO5/c1-23-9-16(15(21)22)6-3-7-19(8-16)14(20)12-10(17)4-5-11(18)13(12)24-2/h4-5H,3,6-9H2,1-2H3,(H,21,22). The molecule has 0 bridgehead atoms. The molecular weight excluding hydrogens is 324 g/mol. The number of aliphatic carboxylic acids is 1. The Balaban J connectivity index is 2.37. The third kappa shape index (κ3) is 3.19. The maximum Gasteiger partial charge on any atom is 0.313 e. The second-order valence-electron chi connectivity index (χ2n) is 5.79. The molecule has 1 N–H and O–H groups in total. The molecule has 0 aromatic heterocycles. The molecule has 8 heteroatoms. The number of hydrogen-bond donors (Lipinski definition) is 1. The summed E-state index contributed by atoms with van der Waals surface area (Å²) in [5, 5.41) is 9.51. The molecule has 132 valence electrons. The number of methoxy groups -OCH3 is 2. The van der Waals surface area contributed by atoms with Crippen LogP contribution in [0.1, 0.15) is 23.2 Å². The molecule has 2 rings (SSSR count). The molecule has 0 aliphatic carbocycles. The molecule has 0 saturated carbocycles. The van der Waals surface area contributed by atoms with E-state index in [0.29, 0.717) is 12.8 Å². The van der Waals surface area contributed by atoms with Crippen LogP contribution in [0.15, 0.2) is 12.1 Å². The largest absolute Gasteiger partial charge is 0.493 e. The van der Waals surface area contributed by atoms with E-state index >= 15 is 0 Å². The number of ether oxygens (including phenoxy) is 2. The first-order valence-corrected chi connectivity index (χ1v) is 7.40. The molecule has 0 radical (unpaired) electrons. The Morgan fingerprint density at radius 1 is 1.29 bits per heavy atom. The van der Waals surface area contributed by atoms with Crippen LogP contribution in [0.3, 0.4) is 0 Å². The van der Waals surface area contributed by atoms with Crippen LogP contribution in [-0.2, 0) is 9.53 Å². The lowest BCUT2D eigenvalue weighted by Crippen LogP contribution is -2.52. The summed E-state index contributed by atoms with van der Waals surface area (Å²) < 4.78 is 37.7. The number of amides is 1. The van der Waals surface area contributed by atoms with E-state index < -0.39 is 40.2 Å². The summed E-state index contributed by atoms with van der Waals surface area (Å²) in [6.45, 7) is 0.0275. The first-order valence-electron chi connectivity index (χ1n) is 7.40. The van der Waals surface area contributed by atoms with Crippen molar-refractivity contribution in [1.82, 2.24) is 4.90 Å². The lowest BCUT2D eigenvalue weighted by atomic mass is 9.80. The van der Waals surface area contributed by atoms with Crippen LogP contribution in [-0.4, -0.2) is 55.8 Å². The van der Waals surface area contributed by atoms with E-state index in [-0.39, 0.29) is 19.7 Å². The second kappa shape index (κ2) is 7.12. The molecule has 0 spiro atoms. The van der Waals surface area contributed by atoms with Gasteiger partial charge < -0.3 is 19.5 Å². The summed E-state index contributed by atoms with van der Waals surface area (Å²) >= 11 is 0. The lowest BCUT2D eigenvalue weighted by Gasteiger charge is -2.39. The Morgan fingerprint density at radius 2 is 1.96 bits per heavy atom. The van der Waals surface area contributed by atoms with E-state index in [1.165, 1.54) is 12.0 Å². The molecule has 1 heterocycles. The third-order valence-electron chi connectivity index (χ3n) is 4.22. The van der Waals surface area contributed by atoms with Gasteiger partial charge in [0.25, 0.3) is 5.91 Å². The number of carbonyl (C=O) groups is 2. The number of carbonyl (C=O) groups excluding carboxylic acids is 1. The van der Waals surface area contributed by atoms with Crippen LogP contribution in [0.4, 0.5) is 8.78 Å². The number of halogens is 2. The Labute approximate surface area is 138 Å². The molecule has 1 unspecified atom stereocenters. The first-order chi connectivity index (χ1) is 11.4. The number of likely N-dealkylation sites (tertiary alicyclic amines) is 1. The van der Waals surface area contributed by atoms with Crippen LogP contribution in [0.2, 0.25) is 0 Å². The van der Waals surface area contributed by atoms with E-state index in [0.717, 1.165) is 19.2 Å². The van der Waals surface area contributed by atoms with Crippen molar-refractivity contribution < 1.29 is 33.0 Å². The lowest BCUT2D eigenvalue weighted by molar-refractivity contribution is -0.155. The number of hydrogen-bond acceptors (Lipinski definition) is 4. The summed E-state index contributed by atoms with van der Waals surface area (Å²) in [6, 6.07) is 1.71. The molecule has 1 fully saturated rings. The molecule has 1 saturated heterocycles. The normalized spacial score (nSPS) is 20.8. The fourth-order valence-electron chi connectivity index (χ4n) is 3.03. The minimum absolute atomic E-state index is 0.0745. The van der Waals surface area contributed by atoms with Gasteiger partial charge in [-0.05, 0) is 25.0 Å². The van der Waals surface area contributed by atoms with Gasteiger partial charge >= 0.3 is 5.97 Å². The van der Waals surface area contributed by atoms with Crippen molar-refractivity contribution in [2.24, 2.45) is 5.41 Å². The van der Waals surface area contributed by atoms with Crippen LogP contribution in [0, 0.1) is 17.0 Å². The summed E-state index contributed by atoms with van der Waals surface area (Å²) in [7, 11) is 2.51. The zero-order chi connectivity index (χ0) is 17.9. The van der Waals surface area contributed by atoms with Crippen molar-refractivity contribution in [1.29, 1.82) is 0 Å². The van der Waals surface area contributed by atoms with Crippen LogP contribution >= 0.6 is 0 Å². The summed E-state index contributed by atoms with van der Waals surface area (Å²) in [5.74, 6) is -4.16. The maximum atomic E-state index is 14.1. The van der Waals surface area contributed by atoms with Gasteiger partial charge in [-0.15, -0.1) is 0 Å². The molecule has 24 heavy (non-hydrogen) atoms. The van der Waals surface area contributed by atoms with E-state index in [2.05, 4.69) is 0 Å². The molecule has 1 aromatic carbocycles. The van der Waals surface area contributed by atoms with Crippen LogP contribution < -0.4 is 4.74 Å². The highest BCUT2D eigenvalue weighted by atomic mass is 19.1. The van der Waals surface area contributed by atoms with Crippen LogP contribution in [0.5, 0.6) is 5.75 Å². The maximum absolute atomic E-state index is 14.1. The van der Waals surface area contributed by atoms with Gasteiger partial charge in [-0.3, -0.25) is 9.59 Å². The van der Waals surface area contributed by atoms with Crippen molar-refractivity contribution >= 4 is 11.9 Å². The minimum atomic E-state index is -1.26. The van der Waals surface area contributed by atoms with Gasteiger partial charge in [-0.2, -0.15) is 0 Å². The molecule has 1 aromatic rings. The van der Waals surface area contributed by atoms with Gasteiger partial charge in [-0.1, -0.05) is 0 Å². The zero-order valence-electron chi connectivity index (χ0n) is 13.5. The van der Waals surface area contributed by atoms with Gasteiger partial charge in [0.05, 0.1) is 13.7 Å². The van der Waals surface area contributed by atoms with E-state index in [4.69, 9.17) is 9.47 Å². The predicted molar refractivity (Wildman–Crippen MR) is 80.0 cm³/mol. The number of piperidine rings is 1. The van der Waals surface area contributed by atoms with Crippen molar-refractivity contribution in [2.75, 3.05) is 33.9 Å². The Morgan fingerprint density at radius 3 is 2.54 bits per heavy atom. The second-order valence-corrected chi connectivity index (χ2v) is 5.79. The average Bonchev–Trinajstić information content (AvgIpc) is 2.56. The zero-order valence-corrected chi connectivity index (χ0v) is 13.5. The van der Waals surface area contributed by atoms with Gasteiger partial charge in [0.2, 0.25) is 0 Å². The average molecular weight is 343 g/mol. The summed E-state index contributed by atoms with van der Waals surface area (Å²) in [6.07, 6.45) is 0.753. The summed E-state index contributed by atoms with van der Waals surface area (Å²) in [5.41, 5.74) is -1.80. The molecule has 1 aliphatic heterocycles. The smallest absolute Gasteiger partial charge is 0.313 e.